The van der Waals surface area contributed by atoms with Gasteiger partial charge in [-0.2, -0.15) is 0 Å². The number of rotatable bonds is 4. The number of thiazole rings is 1. The molecule has 1 saturated carbocycles. The van der Waals surface area contributed by atoms with Gasteiger partial charge in [-0.25, -0.2) is 9.78 Å². The van der Waals surface area contributed by atoms with Gasteiger partial charge in [-0.05, 0) is 47.8 Å². The van der Waals surface area contributed by atoms with E-state index in [4.69, 9.17) is 0 Å². The Hall–Kier alpha value is -2.48. The van der Waals surface area contributed by atoms with Crippen LogP contribution in [-0.4, -0.2) is 51.3 Å². The molecule has 1 aliphatic carbocycles. The van der Waals surface area contributed by atoms with Crippen LogP contribution in [0.25, 0.3) is 0 Å². The Morgan fingerprint density at radius 2 is 2.00 bits per heavy atom. The number of piperidine rings is 1. The van der Waals surface area contributed by atoms with Crippen LogP contribution in [0.15, 0.2) is 30.0 Å². The van der Waals surface area contributed by atoms with Crippen molar-refractivity contribution < 1.29 is 9.59 Å². The summed E-state index contributed by atoms with van der Waals surface area (Å²) in [7, 11) is 0. The zero-order valence-electron chi connectivity index (χ0n) is 16.3. The third-order valence-electron chi connectivity index (χ3n) is 6.77. The number of nitrogens with zero attached hydrogens (tertiary/aromatic N) is 4. The molecule has 7 nitrogen and oxygen atoms in total. The predicted octanol–water partition coefficient (Wildman–Crippen LogP) is 2.43. The maximum Gasteiger partial charge on any atom is 0.318 e. The first-order chi connectivity index (χ1) is 14.1. The van der Waals surface area contributed by atoms with Crippen LogP contribution in [0.2, 0.25) is 0 Å². The van der Waals surface area contributed by atoms with Crippen LogP contribution in [0.4, 0.5) is 4.79 Å². The minimum atomic E-state index is 0.0133. The van der Waals surface area contributed by atoms with Gasteiger partial charge in [-0.3, -0.25) is 9.78 Å². The molecular formula is C21H25N5O2S. The third-order valence-corrected chi connectivity index (χ3v) is 7.55. The molecule has 0 radical (unpaired) electrons. The van der Waals surface area contributed by atoms with Crippen LogP contribution in [-0.2, 0) is 24.3 Å². The zero-order chi connectivity index (χ0) is 19.8. The molecular weight excluding hydrogens is 386 g/mol. The number of amides is 3. The highest BCUT2D eigenvalue weighted by atomic mass is 32.1. The fraction of sp³-hybridized carbons (Fsp3) is 0.524. The Balaban J connectivity index is 1.06. The molecule has 2 aromatic heterocycles. The summed E-state index contributed by atoms with van der Waals surface area (Å²) < 4.78 is 0. The lowest BCUT2D eigenvalue weighted by molar-refractivity contribution is -0.132. The number of aromatic nitrogens is 2. The van der Waals surface area contributed by atoms with Crippen LogP contribution in [0.3, 0.4) is 0 Å². The Morgan fingerprint density at radius 3 is 2.76 bits per heavy atom. The van der Waals surface area contributed by atoms with Crippen molar-refractivity contribution in [2.24, 2.45) is 11.3 Å². The Kier molecular flexibility index (Phi) is 4.73. The van der Waals surface area contributed by atoms with E-state index in [1.807, 2.05) is 27.4 Å². The van der Waals surface area contributed by atoms with Gasteiger partial charge < -0.3 is 15.1 Å². The quantitative estimate of drug-likeness (QED) is 0.838. The summed E-state index contributed by atoms with van der Waals surface area (Å²) in [4.78, 5) is 37.2. The SMILES string of the molecule is O=C(Cc1nccs1)N1CCC2(CC1)CC2CNC(=O)N1Cc2ccncc2C1. The first-order valence-corrected chi connectivity index (χ1v) is 11.1. The van der Waals surface area contributed by atoms with Gasteiger partial charge in [0.15, 0.2) is 0 Å². The van der Waals surface area contributed by atoms with Crippen molar-refractivity contribution in [3.05, 3.63) is 46.2 Å². The lowest BCUT2D eigenvalue weighted by Crippen LogP contribution is -2.41. The molecule has 1 atom stereocenters. The van der Waals surface area contributed by atoms with Gasteiger partial charge in [0.1, 0.15) is 5.01 Å². The molecule has 1 N–H and O–H groups in total. The smallest absolute Gasteiger partial charge is 0.318 e. The molecule has 4 heterocycles. The summed E-state index contributed by atoms with van der Waals surface area (Å²) in [5.41, 5.74) is 2.65. The largest absolute Gasteiger partial charge is 0.342 e. The highest BCUT2D eigenvalue weighted by Crippen LogP contribution is 2.59. The normalized spacial score (nSPS) is 21.9. The molecule has 0 aromatic carbocycles. The van der Waals surface area contributed by atoms with Gasteiger partial charge in [-0.15, -0.1) is 11.3 Å². The monoisotopic (exact) mass is 411 g/mol. The van der Waals surface area contributed by atoms with E-state index in [0.29, 0.717) is 30.8 Å². The minimum absolute atomic E-state index is 0.0133. The van der Waals surface area contributed by atoms with Crippen molar-refractivity contribution >= 4 is 23.3 Å². The Bertz CT molecular complexity index is 883. The van der Waals surface area contributed by atoms with Crippen LogP contribution in [0.5, 0.6) is 0 Å². The van der Waals surface area contributed by atoms with Crippen molar-refractivity contribution in [1.82, 2.24) is 25.1 Å². The predicted molar refractivity (Wildman–Crippen MR) is 109 cm³/mol. The van der Waals surface area contributed by atoms with E-state index >= 15 is 0 Å². The summed E-state index contributed by atoms with van der Waals surface area (Å²) >= 11 is 1.54. The average Bonchev–Trinajstić information content (AvgIpc) is 3.09. The van der Waals surface area contributed by atoms with E-state index in [1.54, 1.807) is 12.4 Å². The maximum absolute atomic E-state index is 12.5. The van der Waals surface area contributed by atoms with Crippen LogP contribution in [0, 0.1) is 11.3 Å². The van der Waals surface area contributed by atoms with Crippen molar-refractivity contribution in [2.45, 2.75) is 38.8 Å². The van der Waals surface area contributed by atoms with Gasteiger partial charge in [0, 0.05) is 56.7 Å². The lowest BCUT2D eigenvalue weighted by Gasteiger charge is -2.33. The minimum Gasteiger partial charge on any atom is -0.342 e. The number of likely N-dealkylation sites (tertiary alicyclic amines) is 1. The molecule has 152 valence electrons. The second-order valence-corrected chi connectivity index (χ2v) is 9.41. The van der Waals surface area contributed by atoms with Crippen LogP contribution >= 0.6 is 11.3 Å². The molecule has 2 aliphatic heterocycles. The number of carbonyl (C=O) groups excluding carboxylic acids is 2. The number of pyridine rings is 1. The fourth-order valence-corrected chi connectivity index (χ4v) is 5.41. The van der Waals surface area contributed by atoms with E-state index in [-0.39, 0.29) is 11.9 Å². The van der Waals surface area contributed by atoms with Crippen molar-refractivity contribution in [1.29, 1.82) is 0 Å². The molecule has 8 heteroatoms. The van der Waals surface area contributed by atoms with Gasteiger partial charge in [0.2, 0.25) is 5.91 Å². The van der Waals surface area contributed by atoms with Gasteiger partial charge in [0.25, 0.3) is 0 Å². The topological polar surface area (TPSA) is 78.4 Å². The number of nitrogens with one attached hydrogen (secondary N) is 1. The molecule has 1 saturated heterocycles. The number of urea groups is 1. The third kappa shape index (κ3) is 3.73. The Labute approximate surface area is 174 Å². The molecule has 29 heavy (non-hydrogen) atoms. The summed E-state index contributed by atoms with van der Waals surface area (Å²) in [6.45, 7) is 3.68. The Morgan fingerprint density at radius 1 is 1.17 bits per heavy atom. The zero-order valence-corrected chi connectivity index (χ0v) is 17.2. The maximum atomic E-state index is 12.5. The molecule has 1 unspecified atom stereocenters. The molecule has 3 amide bonds. The molecule has 0 bridgehead atoms. The molecule has 2 aromatic rings. The average molecular weight is 412 g/mol. The summed E-state index contributed by atoms with van der Waals surface area (Å²) in [5.74, 6) is 0.720. The fourth-order valence-electron chi connectivity index (χ4n) is 4.80. The first kappa shape index (κ1) is 18.5. The molecule has 1 spiro atoms. The van der Waals surface area contributed by atoms with E-state index in [9.17, 15) is 9.59 Å². The van der Waals surface area contributed by atoms with E-state index in [0.717, 1.165) is 49.5 Å². The molecule has 5 rings (SSSR count). The number of hydrogen-bond donors (Lipinski definition) is 1. The van der Waals surface area contributed by atoms with Crippen molar-refractivity contribution in [3.8, 4) is 0 Å². The highest BCUT2D eigenvalue weighted by Gasteiger charge is 2.54. The van der Waals surface area contributed by atoms with Crippen LogP contribution in [0.1, 0.15) is 35.4 Å². The number of fused-ring (bicyclic) bond motifs is 1. The highest BCUT2D eigenvalue weighted by molar-refractivity contribution is 7.09. The van der Waals surface area contributed by atoms with Gasteiger partial charge in [-0.1, -0.05) is 0 Å². The lowest BCUT2D eigenvalue weighted by atomic mass is 9.90. The van der Waals surface area contributed by atoms with Gasteiger partial charge in [0.05, 0.1) is 6.42 Å². The summed E-state index contributed by atoms with van der Waals surface area (Å²) in [6.07, 6.45) is 9.03. The van der Waals surface area contributed by atoms with E-state index in [2.05, 4.69) is 15.3 Å². The number of carbonyl (C=O) groups is 2. The first-order valence-electron chi connectivity index (χ1n) is 10.2. The number of hydrogen-bond acceptors (Lipinski definition) is 5. The second kappa shape index (κ2) is 7.40. The van der Waals surface area contributed by atoms with Gasteiger partial charge >= 0.3 is 6.03 Å². The standard InChI is InChI=1S/C21H25N5O2S/c27-19(9-18-23-5-8-29-18)25-6-2-21(3-7-25)10-17(21)12-24-20(28)26-13-15-1-4-22-11-16(15)14-26/h1,4-5,8,11,17H,2-3,6-7,9-10,12-14H2,(H,24,28). The summed E-state index contributed by atoms with van der Waals surface area (Å²) in [5, 5.41) is 5.94. The van der Waals surface area contributed by atoms with Crippen molar-refractivity contribution in [3.63, 3.8) is 0 Å². The van der Waals surface area contributed by atoms with E-state index < -0.39 is 0 Å². The summed E-state index contributed by atoms with van der Waals surface area (Å²) in [6, 6.07) is 2.00. The van der Waals surface area contributed by atoms with Crippen molar-refractivity contribution in [2.75, 3.05) is 19.6 Å². The van der Waals surface area contributed by atoms with Crippen LogP contribution < -0.4 is 5.32 Å². The molecule has 2 fully saturated rings. The second-order valence-electron chi connectivity index (χ2n) is 8.43. The molecule has 3 aliphatic rings. The van der Waals surface area contributed by atoms with E-state index in [1.165, 1.54) is 16.9 Å².